The number of carbonyl (C=O) groups is 1. The number of rotatable bonds is 3. The van der Waals surface area contributed by atoms with Crippen LogP contribution >= 0.6 is 0 Å². The van der Waals surface area contributed by atoms with Crippen molar-refractivity contribution in [2.75, 3.05) is 0 Å². The minimum atomic E-state index is 0.0759. The second kappa shape index (κ2) is 6.43. The molecule has 20 heavy (non-hydrogen) atoms. The van der Waals surface area contributed by atoms with Crippen molar-refractivity contribution in [1.29, 1.82) is 0 Å². The van der Waals surface area contributed by atoms with Crippen LogP contribution in [0.3, 0.4) is 0 Å². The molecular weight excluding hydrogens is 246 g/mol. The topological polar surface area (TPSA) is 29.1 Å². The number of hydrogen-bond acceptors (Lipinski definition) is 1. The highest BCUT2D eigenvalue weighted by Crippen LogP contribution is 2.34. The lowest BCUT2D eigenvalue weighted by Crippen LogP contribution is -2.39. The fourth-order valence-corrected chi connectivity index (χ4v) is 3.33. The summed E-state index contributed by atoms with van der Waals surface area (Å²) >= 11 is 0. The first kappa shape index (κ1) is 15.1. The van der Waals surface area contributed by atoms with Crippen LogP contribution in [-0.2, 0) is 0 Å². The molecule has 1 saturated carbocycles. The second-order valence-electron chi connectivity index (χ2n) is 7.33. The molecule has 1 N–H and O–H groups in total. The molecule has 1 fully saturated rings. The van der Waals surface area contributed by atoms with Crippen LogP contribution in [0.5, 0.6) is 0 Å². The molecule has 1 aromatic carbocycles. The first-order valence-electron chi connectivity index (χ1n) is 7.80. The maximum Gasteiger partial charge on any atom is 0.251 e. The molecule has 0 heterocycles. The molecule has 1 amide bonds. The summed E-state index contributed by atoms with van der Waals surface area (Å²) < 4.78 is 0. The van der Waals surface area contributed by atoms with Crippen molar-refractivity contribution in [2.24, 2.45) is 11.3 Å². The van der Waals surface area contributed by atoms with Crippen LogP contribution in [0, 0.1) is 11.3 Å². The number of nitrogens with one attached hydrogen (secondary N) is 1. The second-order valence-corrected chi connectivity index (χ2v) is 7.33. The standard InChI is InChI=1S/C18H27NO/c1-18(2,3)13-14-8-7-11-16(12-14)19-17(20)15-9-5-4-6-10-15/h4-6,9-10,14,16H,7-8,11-13H2,1-3H3,(H,19,20). The molecule has 0 spiro atoms. The van der Waals surface area contributed by atoms with E-state index < -0.39 is 0 Å². The van der Waals surface area contributed by atoms with Crippen molar-refractivity contribution < 1.29 is 4.79 Å². The predicted octanol–water partition coefficient (Wildman–Crippen LogP) is 4.41. The molecule has 2 heteroatoms. The van der Waals surface area contributed by atoms with Crippen molar-refractivity contribution in [1.82, 2.24) is 5.32 Å². The van der Waals surface area contributed by atoms with Crippen LogP contribution in [-0.4, -0.2) is 11.9 Å². The molecule has 0 radical (unpaired) electrons. The van der Waals surface area contributed by atoms with Crippen LogP contribution in [0.1, 0.15) is 63.2 Å². The lowest BCUT2D eigenvalue weighted by Gasteiger charge is -2.33. The molecule has 1 aliphatic carbocycles. The van der Waals surface area contributed by atoms with E-state index in [1.54, 1.807) is 0 Å². The lowest BCUT2D eigenvalue weighted by molar-refractivity contribution is 0.0913. The van der Waals surface area contributed by atoms with Gasteiger partial charge in [-0.1, -0.05) is 51.8 Å². The summed E-state index contributed by atoms with van der Waals surface area (Å²) in [5.74, 6) is 0.830. The molecule has 2 unspecified atom stereocenters. The van der Waals surface area contributed by atoms with Crippen molar-refractivity contribution in [3.8, 4) is 0 Å². The summed E-state index contributed by atoms with van der Waals surface area (Å²) in [7, 11) is 0. The Labute approximate surface area is 123 Å². The van der Waals surface area contributed by atoms with Gasteiger partial charge in [0.05, 0.1) is 0 Å². The molecule has 2 nitrogen and oxygen atoms in total. The van der Waals surface area contributed by atoms with Gasteiger partial charge in [-0.3, -0.25) is 4.79 Å². The molecule has 1 aromatic rings. The van der Waals surface area contributed by atoms with Gasteiger partial charge in [-0.25, -0.2) is 0 Å². The smallest absolute Gasteiger partial charge is 0.251 e. The number of hydrogen-bond donors (Lipinski definition) is 1. The van der Waals surface area contributed by atoms with Gasteiger partial charge in [0.15, 0.2) is 0 Å². The summed E-state index contributed by atoms with van der Waals surface area (Å²) in [4.78, 5) is 12.2. The van der Waals surface area contributed by atoms with Crippen molar-refractivity contribution in [2.45, 2.75) is 58.9 Å². The average Bonchev–Trinajstić information content (AvgIpc) is 2.38. The van der Waals surface area contributed by atoms with Gasteiger partial charge in [0.1, 0.15) is 0 Å². The normalized spacial score (nSPS) is 23.4. The zero-order chi connectivity index (χ0) is 14.6. The third-order valence-electron chi connectivity index (χ3n) is 4.06. The molecule has 1 aliphatic rings. The summed E-state index contributed by atoms with van der Waals surface area (Å²) in [5, 5.41) is 3.21. The van der Waals surface area contributed by atoms with Crippen molar-refractivity contribution in [3.63, 3.8) is 0 Å². The monoisotopic (exact) mass is 273 g/mol. The van der Waals surface area contributed by atoms with Crippen molar-refractivity contribution >= 4 is 5.91 Å². The number of benzene rings is 1. The Morgan fingerprint density at radius 2 is 1.90 bits per heavy atom. The van der Waals surface area contributed by atoms with Crippen molar-refractivity contribution in [3.05, 3.63) is 35.9 Å². The van der Waals surface area contributed by atoms with E-state index in [2.05, 4.69) is 26.1 Å². The van der Waals surface area contributed by atoms with Crippen LogP contribution in [0.4, 0.5) is 0 Å². The molecule has 2 rings (SSSR count). The average molecular weight is 273 g/mol. The van der Waals surface area contributed by atoms with Crippen LogP contribution in [0.2, 0.25) is 0 Å². The number of carbonyl (C=O) groups excluding carboxylic acids is 1. The Kier molecular flexibility index (Phi) is 4.85. The van der Waals surface area contributed by atoms with Gasteiger partial charge < -0.3 is 5.32 Å². The Morgan fingerprint density at radius 3 is 2.55 bits per heavy atom. The Bertz CT molecular complexity index is 432. The highest BCUT2D eigenvalue weighted by molar-refractivity contribution is 5.94. The first-order chi connectivity index (χ1) is 9.44. The minimum Gasteiger partial charge on any atom is -0.349 e. The van der Waals surface area contributed by atoms with E-state index in [0.717, 1.165) is 24.3 Å². The van der Waals surface area contributed by atoms with Gasteiger partial charge >= 0.3 is 0 Å². The maximum absolute atomic E-state index is 12.2. The van der Waals surface area contributed by atoms with Gasteiger partial charge in [0.25, 0.3) is 5.91 Å². The molecule has 0 aromatic heterocycles. The molecule has 0 bridgehead atoms. The zero-order valence-corrected chi connectivity index (χ0v) is 13.0. The Balaban J connectivity index is 1.88. The summed E-state index contributed by atoms with van der Waals surface area (Å²) in [6.45, 7) is 6.91. The molecule has 0 saturated heterocycles. The SMILES string of the molecule is CC(C)(C)CC1CCCC(NC(=O)c2ccccc2)C1. The largest absolute Gasteiger partial charge is 0.349 e. The van der Waals surface area contributed by atoms with Gasteiger partial charge in [0, 0.05) is 11.6 Å². The highest BCUT2D eigenvalue weighted by atomic mass is 16.1. The summed E-state index contributed by atoms with van der Waals surface area (Å²) in [5.41, 5.74) is 1.15. The fraction of sp³-hybridized carbons (Fsp3) is 0.611. The van der Waals surface area contributed by atoms with Gasteiger partial charge in [-0.2, -0.15) is 0 Å². The Hall–Kier alpha value is -1.31. The van der Waals surface area contributed by atoms with E-state index in [0.29, 0.717) is 11.5 Å². The van der Waals surface area contributed by atoms with E-state index in [1.807, 2.05) is 30.3 Å². The lowest BCUT2D eigenvalue weighted by atomic mass is 9.76. The van der Waals surface area contributed by atoms with Crippen LogP contribution < -0.4 is 5.32 Å². The van der Waals surface area contributed by atoms with Gasteiger partial charge in [0.2, 0.25) is 0 Å². The van der Waals surface area contributed by atoms with E-state index >= 15 is 0 Å². The third kappa shape index (κ3) is 4.66. The Morgan fingerprint density at radius 1 is 1.20 bits per heavy atom. The van der Waals surface area contributed by atoms with Crippen LogP contribution in [0.25, 0.3) is 0 Å². The molecule has 110 valence electrons. The predicted molar refractivity (Wildman–Crippen MR) is 83.7 cm³/mol. The molecular formula is C18H27NO. The van der Waals surface area contributed by atoms with Gasteiger partial charge in [-0.05, 0) is 42.7 Å². The maximum atomic E-state index is 12.2. The van der Waals surface area contributed by atoms with Gasteiger partial charge in [-0.15, -0.1) is 0 Å². The van der Waals surface area contributed by atoms with E-state index in [1.165, 1.54) is 19.3 Å². The van der Waals surface area contributed by atoms with Crippen LogP contribution in [0.15, 0.2) is 30.3 Å². The summed E-state index contributed by atoms with van der Waals surface area (Å²) in [6, 6.07) is 9.88. The quantitative estimate of drug-likeness (QED) is 0.868. The fourth-order valence-electron chi connectivity index (χ4n) is 3.33. The summed E-state index contributed by atoms with van der Waals surface area (Å²) in [6.07, 6.45) is 6.06. The highest BCUT2D eigenvalue weighted by Gasteiger charge is 2.26. The van der Waals surface area contributed by atoms with E-state index in [4.69, 9.17) is 0 Å². The number of amides is 1. The van der Waals surface area contributed by atoms with E-state index in [-0.39, 0.29) is 5.91 Å². The molecule has 0 aliphatic heterocycles. The van der Waals surface area contributed by atoms with E-state index in [9.17, 15) is 4.79 Å². The molecule has 2 atom stereocenters. The third-order valence-corrected chi connectivity index (χ3v) is 4.06. The zero-order valence-electron chi connectivity index (χ0n) is 13.0. The first-order valence-corrected chi connectivity index (χ1v) is 7.80. The minimum absolute atomic E-state index is 0.0759.